The minimum atomic E-state index is -0.245. The first-order valence-electron chi connectivity index (χ1n) is 16.2. The van der Waals surface area contributed by atoms with E-state index in [-0.39, 0.29) is 24.5 Å². The molecule has 0 aliphatic rings. The maximum atomic E-state index is 13.3. The number of methoxy groups -OCH3 is 1. The Morgan fingerprint density at radius 2 is 1.64 bits per heavy atom. The van der Waals surface area contributed by atoms with Gasteiger partial charge in [0.25, 0.3) is 0 Å². The number of esters is 1. The third kappa shape index (κ3) is 10.2. The number of hydrogen-bond donors (Lipinski definition) is 0. The van der Waals surface area contributed by atoms with E-state index in [4.69, 9.17) is 14.2 Å². The van der Waals surface area contributed by atoms with Gasteiger partial charge in [-0.15, -0.1) is 0 Å². The van der Waals surface area contributed by atoms with Crippen molar-refractivity contribution < 1.29 is 23.8 Å². The Kier molecular flexibility index (Phi) is 13.0. The van der Waals surface area contributed by atoms with Gasteiger partial charge in [0.05, 0.1) is 19.8 Å². The van der Waals surface area contributed by atoms with Crippen molar-refractivity contribution in [2.24, 2.45) is 5.92 Å². The Balaban J connectivity index is 1.31. The molecule has 4 aromatic rings. The Morgan fingerprint density at radius 3 is 2.36 bits per heavy atom. The second-order valence-corrected chi connectivity index (χ2v) is 11.9. The van der Waals surface area contributed by atoms with Crippen LogP contribution in [-0.4, -0.2) is 30.0 Å². The molecule has 0 aliphatic heterocycles. The maximum absolute atomic E-state index is 13.3. The Hall–Kier alpha value is -4.16. The van der Waals surface area contributed by atoms with Crippen LogP contribution in [0.1, 0.15) is 86.0 Å². The molecule has 45 heavy (non-hydrogen) atoms. The van der Waals surface area contributed by atoms with E-state index < -0.39 is 0 Å². The van der Waals surface area contributed by atoms with Gasteiger partial charge in [0.2, 0.25) is 0 Å². The SMILES string of the molecule is CCCCC(OC/C=C/C(=O)c1cn(CCCC(=O)OCc2ccc(OC)cc2)c2ccccc12)c1ccc(CC(C)C)cc1. The standard InChI is InChI=1S/C39H47NO5/c1-5-6-14-38(32-20-16-30(17-21-32)26-29(2)3)44-25-10-13-37(41)35-27-40(36-12-8-7-11-34(35)36)24-9-15-39(42)45-28-31-18-22-33(43-4)23-19-31/h7-8,10-13,16-23,27,29,38H,5-6,9,14-15,24-26,28H2,1-4H3/b13-10+. The van der Waals surface area contributed by atoms with Gasteiger partial charge in [-0.05, 0) is 66.1 Å². The number of para-hydroxylation sites is 1. The molecule has 1 heterocycles. The van der Waals surface area contributed by atoms with Crippen molar-refractivity contribution in [2.45, 2.75) is 78.6 Å². The summed E-state index contributed by atoms with van der Waals surface area (Å²) in [5.74, 6) is 1.08. The fraction of sp³-hybridized carbons (Fsp3) is 0.385. The lowest BCUT2D eigenvalue weighted by Crippen LogP contribution is -2.06. The number of unbranched alkanes of at least 4 members (excludes halogenated alkanes) is 1. The molecule has 0 aliphatic carbocycles. The number of carbonyl (C=O) groups is 2. The Bertz CT molecular complexity index is 1530. The van der Waals surface area contributed by atoms with Gasteiger partial charge in [0, 0.05) is 35.6 Å². The first-order chi connectivity index (χ1) is 21.9. The molecule has 6 nitrogen and oxygen atoms in total. The number of allylic oxidation sites excluding steroid dienone is 1. The molecule has 0 saturated heterocycles. The second kappa shape index (κ2) is 17.4. The van der Waals surface area contributed by atoms with Crippen molar-refractivity contribution in [2.75, 3.05) is 13.7 Å². The van der Waals surface area contributed by atoms with Gasteiger partial charge in [0.15, 0.2) is 5.78 Å². The monoisotopic (exact) mass is 609 g/mol. The van der Waals surface area contributed by atoms with Crippen LogP contribution in [-0.2, 0) is 33.8 Å². The number of nitrogens with zero attached hydrogens (tertiary/aromatic N) is 1. The fourth-order valence-corrected chi connectivity index (χ4v) is 5.47. The zero-order valence-electron chi connectivity index (χ0n) is 27.2. The topological polar surface area (TPSA) is 66.8 Å². The van der Waals surface area contributed by atoms with Crippen LogP contribution >= 0.6 is 0 Å². The van der Waals surface area contributed by atoms with Gasteiger partial charge in [-0.3, -0.25) is 9.59 Å². The summed E-state index contributed by atoms with van der Waals surface area (Å²) in [6.07, 6.45) is 10.4. The minimum Gasteiger partial charge on any atom is -0.497 e. The highest BCUT2D eigenvalue weighted by Crippen LogP contribution is 2.26. The van der Waals surface area contributed by atoms with E-state index in [9.17, 15) is 9.59 Å². The number of aromatic nitrogens is 1. The van der Waals surface area contributed by atoms with E-state index in [0.717, 1.165) is 47.9 Å². The Morgan fingerprint density at radius 1 is 0.911 bits per heavy atom. The average Bonchev–Trinajstić information content (AvgIpc) is 3.42. The molecule has 0 bridgehead atoms. The minimum absolute atomic E-state index is 0.00242. The van der Waals surface area contributed by atoms with Gasteiger partial charge >= 0.3 is 5.97 Å². The van der Waals surface area contributed by atoms with Gasteiger partial charge in [-0.25, -0.2) is 0 Å². The van der Waals surface area contributed by atoms with Crippen molar-refractivity contribution in [3.63, 3.8) is 0 Å². The molecule has 1 unspecified atom stereocenters. The first kappa shape index (κ1) is 33.7. The summed E-state index contributed by atoms with van der Waals surface area (Å²) in [5, 5.41) is 0.900. The largest absolute Gasteiger partial charge is 0.497 e. The van der Waals surface area contributed by atoms with E-state index in [1.165, 1.54) is 11.1 Å². The summed E-state index contributed by atoms with van der Waals surface area (Å²) < 4.78 is 18.9. The van der Waals surface area contributed by atoms with Crippen molar-refractivity contribution >= 4 is 22.7 Å². The van der Waals surface area contributed by atoms with E-state index in [0.29, 0.717) is 37.5 Å². The van der Waals surface area contributed by atoms with E-state index in [1.807, 2.05) is 65.4 Å². The lowest BCUT2D eigenvalue weighted by Gasteiger charge is -2.18. The van der Waals surface area contributed by atoms with Crippen molar-refractivity contribution in [3.8, 4) is 5.75 Å². The molecular formula is C39H47NO5. The normalized spacial score (nSPS) is 12.2. The van der Waals surface area contributed by atoms with Crippen LogP contribution in [0.15, 0.2) is 91.1 Å². The third-order valence-electron chi connectivity index (χ3n) is 7.87. The molecule has 0 fully saturated rings. The maximum Gasteiger partial charge on any atom is 0.306 e. The Labute approximate surface area is 268 Å². The van der Waals surface area contributed by atoms with Gasteiger partial charge in [-0.2, -0.15) is 0 Å². The van der Waals surface area contributed by atoms with E-state index in [2.05, 4.69) is 45.0 Å². The van der Waals surface area contributed by atoms with E-state index >= 15 is 0 Å². The smallest absolute Gasteiger partial charge is 0.306 e. The number of ether oxygens (including phenoxy) is 3. The molecule has 1 atom stereocenters. The van der Waals surface area contributed by atoms with Crippen molar-refractivity contribution in [1.29, 1.82) is 0 Å². The lowest BCUT2D eigenvalue weighted by atomic mass is 9.98. The van der Waals surface area contributed by atoms with Crippen LogP contribution in [0, 0.1) is 5.92 Å². The molecule has 1 aromatic heterocycles. The highest BCUT2D eigenvalue weighted by molar-refractivity contribution is 6.13. The van der Waals surface area contributed by atoms with Crippen LogP contribution in [0.3, 0.4) is 0 Å². The number of aryl methyl sites for hydroxylation is 1. The van der Waals surface area contributed by atoms with Gasteiger partial charge < -0.3 is 18.8 Å². The van der Waals surface area contributed by atoms with Crippen LogP contribution in [0.25, 0.3) is 10.9 Å². The number of ketones is 1. The molecule has 0 radical (unpaired) electrons. The van der Waals surface area contributed by atoms with Crippen LogP contribution < -0.4 is 4.74 Å². The molecule has 3 aromatic carbocycles. The number of fused-ring (bicyclic) bond motifs is 1. The molecule has 6 heteroatoms. The predicted molar refractivity (Wildman–Crippen MR) is 181 cm³/mol. The van der Waals surface area contributed by atoms with Crippen LogP contribution in [0.2, 0.25) is 0 Å². The van der Waals surface area contributed by atoms with Crippen LogP contribution in [0.5, 0.6) is 5.75 Å². The highest BCUT2D eigenvalue weighted by Gasteiger charge is 2.15. The van der Waals surface area contributed by atoms with Crippen molar-refractivity contribution in [3.05, 3.63) is 113 Å². The van der Waals surface area contributed by atoms with E-state index in [1.54, 1.807) is 13.2 Å². The summed E-state index contributed by atoms with van der Waals surface area (Å²) in [7, 11) is 1.62. The average molecular weight is 610 g/mol. The quantitative estimate of drug-likeness (QED) is 0.0640. The number of hydrogen-bond acceptors (Lipinski definition) is 5. The predicted octanol–water partition coefficient (Wildman–Crippen LogP) is 9.06. The van der Waals surface area contributed by atoms with Gasteiger partial charge in [0.1, 0.15) is 12.4 Å². The molecule has 0 spiro atoms. The summed E-state index contributed by atoms with van der Waals surface area (Å²) in [4.78, 5) is 25.7. The third-order valence-corrected chi connectivity index (χ3v) is 7.87. The second-order valence-electron chi connectivity index (χ2n) is 11.9. The zero-order chi connectivity index (χ0) is 32.0. The molecule has 0 amide bonds. The van der Waals surface area contributed by atoms with Crippen molar-refractivity contribution in [1.82, 2.24) is 4.57 Å². The molecule has 0 N–H and O–H groups in total. The molecule has 4 rings (SSSR count). The summed E-state index contributed by atoms with van der Waals surface area (Å²) in [6.45, 7) is 7.86. The summed E-state index contributed by atoms with van der Waals surface area (Å²) in [5.41, 5.74) is 5.06. The molecule has 238 valence electrons. The number of benzene rings is 3. The lowest BCUT2D eigenvalue weighted by molar-refractivity contribution is -0.145. The van der Waals surface area contributed by atoms with Crippen LogP contribution in [0.4, 0.5) is 0 Å². The highest BCUT2D eigenvalue weighted by atomic mass is 16.5. The summed E-state index contributed by atoms with van der Waals surface area (Å²) in [6, 6.07) is 24.1. The molecule has 0 saturated carbocycles. The number of carbonyl (C=O) groups excluding carboxylic acids is 2. The summed E-state index contributed by atoms with van der Waals surface area (Å²) >= 11 is 0. The number of rotatable bonds is 18. The molecular weight excluding hydrogens is 562 g/mol. The van der Waals surface area contributed by atoms with Gasteiger partial charge in [-0.1, -0.05) is 94.3 Å². The first-order valence-corrected chi connectivity index (χ1v) is 16.2. The fourth-order valence-electron chi connectivity index (χ4n) is 5.47. The zero-order valence-corrected chi connectivity index (χ0v) is 27.2.